The lowest BCUT2D eigenvalue weighted by Gasteiger charge is -2.16. The zero-order valence-corrected chi connectivity index (χ0v) is 10.9. The van der Waals surface area contributed by atoms with Crippen molar-refractivity contribution < 1.29 is 9.53 Å². The number of benzene rings is 2. The maximum atomic E-state index is 11.1. The monoisotopic (exact) mass is 258 g/mol. The van der Waals surface area contributed by atoms with Crippen LogP contribution in [0.4, 0.5) is 0 Å². The number of primary amides is 1. The van der Waals surface area contributed by atoms with E-state index in [4.69, 9.17) is 16.2 Å². The molecule has 4 heteroatoms. The fourth-order valence-electron chi connectivity index (χ4n) is 2.08. The molecule has 0 fully saturated rings. The van der Waals surface area contributed by atoms with E-state index in [1.807, 2.05) is 36.4 Å². The molecule has 0 spiro atoms. The summed E-state index contributed by atoms with van der Waals surface area (Å²) in [6, 6.07) is 11.9. The van der Waals surface area contributed by atoms with Gasteiger partial charge >= 0.3 is 0 Å². The second-order valence-electron chi connectivity index (χ2n) is 4.46. The molecule has 0 saturated heterocycles. The van der Waals surface area contributed by atoms with E-state index in [9.17, 15) is 4.79 Å². The second kappa shape index (κ2) is 5.71. The third-order valence-electron chi connectivity index (χ3n) is 3.10. The quantitative estimate of drug-likeness (QED) is 0.855. The first-order chi connectivity index (χ1) is 9.13. The molecular weight excluding hydrogens is 240 g/mol. The van der Waals surface area contributed by atoms with Crippen molar-refractivity contribution in [3.8, 4) is 5.75 Å². The zero-order chi connectivity index (χ0) is 13.8. The van der Waals surface area contributed by atoms with Gasteiger partial charge in [0.15, 0.2) is 6.10 Å². The summed E-state index contributed by atoms with van der Waals surface area (Å²) in [5, 5.41) is 2.23. The van der Waals surface area contributed by atoms with Crippen LogP contribution in [-0.4, -0.2) is 18.6 Å². The minimum absolute atomic E-state index is 0.480. The Kier molecular flexibility index (Phi) is 4.02. The highest BCUT2D eigenvalue weighted by Gasteiger charge is 2.14. The van der Waals surface area contributed by atoms with Gasteiger partial charge in [-0.3, -0.25) is 4.79 Å². The van der Waals surface area contributed by atoms with E-state index in [1.54, 1.807) is 6.92 Å². The first kappa shape index (κ1) is 13.4. The van der Waals surface area contributed by atoms with Gasteiger partial charge in [0.1, 0.15) is 5.75 Å². The molecule has 19 heavy (non-hydrogen) atoms. The highest BCUT2D eigenvalue weighted by Crippen LogP contribution is 2.29. The van der Waals surface area contributed by atoms with E-state index in [0.717, 1.165) is 16.3 Å². The summed E-state index contributed by atoms with van der Waals surface area (Å²) in [6.07, 6.45) is 0.0417. The van der Waals surface area contributed by atoms with Gasteiger partial charge in [-0.25, -0.2) is 0 Å². The van der Waals surface area contributed by atoms with Gasteiger partial charge in [0.25, 0.3) is 5.91 Å². The molecule has 0 aromatic heterocycles. The third-order valence-corrected chi connectivity index (χ3v) is 3.10. The maximum Gasteiger partial charge on any atom is 0.258 e. The highest BCUT2D eigenvalue weighted by atomic mass is 16.5. The van der Waals surface area contributed by atoms with Crippen LogP contribution >= 0.6 is 0 Å². The average molecular weight is 258 g/mol. The van der Waals surface area contributed by atoms with E-state index < -0.39 is 12.0 Å². The summed E-state index contributed by atoms with van der Waals surface area (Å²) in [6.45, 7) is 2.17. The van der Waals surface area contributed by atoms with Crippen LogP contribution in [0, 0.1) is 0 Å². The topological polar surface area (TPSA) is 78.3 Å². The summed E-state index contributed by atoms with van der Waals surface area (Å²) in [5.74, 6) is 0.197. The molecule has 0 radical (unpaired) electrons. The van der Waals surface area contributed by atoms with E-state index in [-0.39, 0.29) is 0 Å². The van der Waals surface area contributed by atoms with Crippen LogP contribution in [0.15, 0.2) is 36.4 Å². The lowest BCUT2D eigenvalue weighted by molar-refractivity contribution is -0.123. The number of carbonyl (C=O) groups excluding carboxylic acids is 1. The Morgan fingerprint density at radius 1 is 1.26 bits per heavy atom. The predicted molar refractivity (Wildman–Crippen MR) is 76.0 cm³/mol. The van der Waals surface area contributed by atoms with Gasteiger partial charge in [-0.05, 0) is 36.7 Å². The number of ether oxygens (including phenoxy) is 1. The van der Waals surface area contributed by atoms with E-state index in [0.29, 0.717) is 18.7 Å². The van der Waals surface area contributed by atoms with E-state index in [2.05, 4.69) is 0 Å². The van der Waals surface area contributed by atoms with Crippen molar-refractivity contribution in [1.82, 2.24) is 0 Å². The maximum absolute atomic E-state index is 11.1. The van der Waals surface area contributed by atoms with Crippen LogP contribution in [-0.2, 0) is 11.2 Å². The lowest BCUT2D eigenvalue weighted by Crippen LogP contribution is -2.31. The Morgan fingerprint density at radius 3 is 2.68 bits per heavy atom. The molecule has 2 aromatic carbocycles. The van der Waals surface area contributed by atoms with Gasteiger partial charge < -0.3 is 16.2 Å². The number of hydrogen-bond acceptors (Lipinski definition) is 3. The Bertz CT molecular complexity index is 596. The smallest absolute Gasteiger partial charge is 0.258 e. The van der Waals surface area contributed by atoms with Gasteiger partial charge in [0.2, 0.25) is 0 Å². The van der Waals surface area contributed by atoms with Crippen LogP contribution in [0.1, 0.15) is 12.5 Å². The van der Waals surface area contributed by atoms with Crippen molar-refractivity contribution in [2.45, 2.75) is 19.4 Å². The average Bonchev–Trinajstić information content (AvgIpc) is 2.41. The SMILES string of the molecule is CC(Oc1ccc2ccccc2c1CCN)C(N)=O. The molecular formula is C15H18N2O2. The van der Waals surface area contributed by atoms with Crippen LogP contribution in [0.2, 0.25) is 0 Å². The number of amides is 1. The van der Waals surface area contributed by atoms with Crippen molar-refractivity contribution in [3.63, 3.8) is 0 Å². The Morgan fingerprint density at radius 2 is 2.00 bits per heavy atom. The minimum atomic E-state index is -0.655. The summed E-state index contributed by atoms with van der Waals surface area (Å²) in [7, 11) is 0. The Hall–Kier alpha value is -2.07. The molecule has 4 nitrogen and oxygen atoms in total. The van der Waals surface area contributed by atoms with Crippen molar-refractivity contribution in [2.24, 2.45) is 11.5 Å². The highest BCUT2D eigenvalue weighted by molar-refractivity contribution is 5.88. The Labute approximate surface area is 112 Å². The fraction of sp³-hybridized carbons (Fsp3) is 0.267. The molecule has 1 amide bonds. The van der Waals surface area contributed by atoms with Crippen molar-refractivity contribution in [2.75, 3.05) is 6.54 Å². The van der Waals surface area contributed by atoms with Gasteiger partial charge in [-0.1, -0.05) is 30.3 Å². The molecule has 2 aromatic rings. The normalized spacial score (nSPS) is 12.3. The Balaban J connectivity index is 2.48. The molecule has 0 bridgehead atoms. The first-order valence-electron chi connectivity index (χ1n) is 6.30. The summed E-state index contributed by atoms with van der Waals surface area (Å²) >= 11 is 0. The minimum Gasteiger partial charge on any atom is -0.481 e. The van der Waals surface area contributed by atoms with Crippen LogP contribution in [0.5, 0.6) is 5.75 Å². The van der Waals surface area contributed by atoms with Gasteiger partial charge in [0.05, 0.1) is 0 Å². The summed E-state index contributed by atoms with van der Waals surface area (Å²) in [4.78, 5) is 11.1. The third kappa shape index (κ3) is 2.85. The van der Waals surface area contributed by atoms with Crippen LogP contribution in [0.25, 0.3) is 10.8 Å². The predicted octanol–water partition coefficient (Wildman–Crippen LogP) is 1.59. The number of rotatable bonds is 5. The molecule has 0 aliphatic heterocycles. The molecule has 1 unspecified atom stereocenters. The molecule has 100 valence electrons. The fourth-order valence-corrected chi connectivity index (χ4v) is 2.08. The molecule has 2 rings (SSSR count). The molecule has 0 aliphatic carbocycles. The standard InChI is InChI=1S/C15H18N2O2/c1-10(15(17)18)19-14-7-6-11-4-2-3-5-12(11)13(14)8-9-16/h2-7,10H,8-9,16H2,1H3,(H2,17,18). The summed E-state index contributed by atoms with van der Waals surface area (Å²) < 4.78 is 5.64. The van der Waals surface area contributed by atoms with Crippen molar-refractivity contribution >= 4 is 16.7 Å². The summed E-state index contributed by atoms with van der Waals surface area (Å²) in [5.41, 5.74) is 11.9. The number of nitrogens with two attached hydrogens (primary N) is 2. The number of carbonyl (C=O) groups is 1. The molecule has 1 atom stereocenters. The van der Waals surface area contributed by atoms with Crippen LogP contribution in [0.3, 0.4) is 0 Å². The van der Waals surface area contributed by atoms with E-state index >= 15 is 0 Å². The first-order valence-corrected chi connectivity index (χ1v) is 6.30. The molecule has 0 aliphatic rings. The molecule has 0 saturated carbocycles. The van der Waals surface area contributed by atoms with Crippen LogP contribution < -0.4 is 16.2 Å². The van der Waals surface area contributed by atoms with Gasteiger partial charge in [0, 0.05) is 5.56 Å². The molecule has 0 heterocycles. The van der Waals surface area contributed by atoms with Gasteiger partial charge in [-0.2, -0.15) is 0 Å². The largest absolute Gasteiger partial charge is 0.481 e. The van der Waals surface area contributed by atoms with Crippen molar-refractivity contribution in [1.29, 1.82) is 0 Å². The van der Waals surface area contributed by atoms with Crippen molar-refractivity contribution in [3.05, 3.63) is 42.0 Å². The number of hydrogen-bond donors (Lipinski definition) is 2. The van der Waals surface area contributed by atoms with E-state index in [1.165, 1.54) is 0 Å². The zero-order valence-electron chi connectivity index (χ0n) is 10.9. The second-order valence-corrected chi connectivity index (χ2v) is 4.46. The van der Waals surface area contributed by atoms with Gasteiger partial charge in [-0.15, -0.1) is 0 Å². The number of fused-ring (bicyclic) bond motifs is 1. The lowest BCUT2D eigenvalue weighted by atomic mass is 10.0. The molecule has 4 N–H and O–H groups in total.